The molecule has 1 N–H and O–H groups in total. The first-order chi connectivity index (χ1) is 10.1. The van der Waals surface area contributed by atoms with Crippen molar-refractivity contribution in [2.75, 3.05) is 6.54 Å². The highest BCUT2D eigenvalue weighted by Crippen LogP contribution is 2.43. The van der Waals surface area contributed by atoms with E-state index in [9.17, 15) is 4.39 Å². The van der Waals surface area contributed by atoms with Crippen molar-refractivity contribution in [1.82, 2.24) is 5.32 Å². The van der Waals surface area contributed by atoms with E-state index in [1.807, 2.05) is 6.07 Å². The highest BCUT2D eigenvalue weighted by Gasteiger charge is 2.33. The largest absolute Gasteiger partial charge is 0.314 e. The Hall–Kier alpha value is -0.890. The number of benzene rings is 1. The van der Waals surface area contributed by atoms with E-state index in [2.05, 4.69) is 25.2 Å². The second-order valence-corrected chi connectivity index (χ2v) is 7.42. The summed E-state index contributed by atoms with van der Waals surface area (Å²) >= 11 is 0. The van der Waals surface area contributed by atoms with Gasteiger partial charge in [0.2, 0.25) is 0 Å². The van der Waals surface area contributed by atoms with Crippen LogP contribution in [0.1, 0.15) is 57.4 Å². The van der Waals surface area contributed by atoms with Gasteiger partial charge < -0.3 is 5.32 Å². The Morgan fingerprint density at radius 2 is 2.00 bits per heavy atom. The van der Waals surface area contributed by atoms with E-state index >= 15 is 0 Å². The summed E-state index contributed by atoms with van der Waals surface area (Å²) in [5.74, 6) is 2.62. The predicted molar refractivity (Wildman–Crippen MR) is 85.8 cm³/mol. The third-order valence-corrected chi connectivity index (χ3v) is 5.50. The zero-order valence-electron chi connectivity index (χ0n) is 13.3. The van der Waals surface area contributed by atoms with Crippen molar-refractivity contribution in [3.63, 3.8) is 0 Å². The van der Waals surface area contributed by atoms with Crippen molar-refractivity contribution >= 4 is 0 Å². The molecule has 2 aliphatic rings. The van der Waals surface area contributed by atoms with Crippen LogP contribution in [0.5, 0.6) is 0 Å². The first-order valence-corrected chi connectivity index (χ1v) is 8.62. The zero-order valence-corrected chi connectivity index (χ0v) is 13.3. The quantitative estimate of drug-likeness (QED) is 0.826. The molecule has 0 aliphatic heterocycles. The SMILES string of the molecule is CC(C)C1CCC(CNC2CC2)C(c2cccc(F)c2)C1. The third kappa shape index (κ3) is 3.85. The topological polar surface area (TPSA) is 12.0 Å². The Bertz CT molecular complexity index is 466. The minimum Gasteiger partial charge on any atom is -0.314 e. The molecule has 3 unspecified atom stereocenters. The van der Waals surface area contributed by atoms with Crippen molar-refractivity contribution in [3.05, 3.63) is 35.6 Å². The number of rotatable bonds is 5. The lowest BCUT2D eigenvalue weighted by atomic mass is 9.68. The molecule has 0 amide bonds. The van der Waals surface area contributed by atoms with Crippen LogP contribution in [0.3, 0.4) is 0 Å². The Kier molecular flexibility index (Phi) is 4.63. The Labute approximate surface area is 128 Å². The van der Waals surface area contributed by atoms with E-state index in [1.54, 1.807) is 12.1 Å². The normalized spacial score (nSPS) is 29.8. The van der Waals surface area contributed by atoms with Crippen LogP contribution in [0.25, 0.3) is 0 Å². The van der Waals surface area contributed by atoms with Gasteiger partial charge in [-0.15, -0.1) is 0 Å². The summed E-state index contributed by atoms with van der Waals surface area (Å²) in [7, 11) is 0. The van der Waals surface area contributed by atoms with Gasteiger partial charge in [0.1, 0.15) is 5.82 Å². The van der Waals surface area contributed by atoms with Gasteiger partial charge in [-0.2, -0.15) is 0 Å². The fourth-order valence-electron chi connectivity index (χ4n) is 3.87. The van der Waals surface area contributed by atoms with E-state index in [-0.39, 0.29) is 5.82 Å². The highest BCUT2D eigenvalue weighted by molar-refractivity contribution is 5.22. The predicted octanol–water partition coefficient (Wildman–Crippen LogP) is 4.73. The van der Waals surface area contributed by atoms with Crippen LogP contribution in [0, 0.1) is 23.6 Å². The standard InChI is InChI=1S/C19H28FN/c1-13(2)14-6-7-16(12-21-18-8-9-18)19(11-14)15-4-3-5-17(20)10-15/h3-5,10,13-14,16,18-19,21H,6-9,11-12H2,1-2H3. The summed E-state index contributed by atoms with van der Waals surface area (Å²) in [6.45, 7) is 5.77. The second-order valence-electron chi connectivity index (χ2n) is 7.42. The molecule has 21 heavy (non-hydrogen) atoms. The van der Waals surface area contributed by atoms with E-state index in [1.165, 1.54) is 37.7 Å². The van der Waals surface area contributed by atoms with Crippen LogP contribution in [0.2, 0.25) is 0 Å². The van der Waals surface area contributed by atoms with Crippen molar-refractivity contribution < 1.29 is 4.39 Å². The Morgan fingerprint density at radius 3 is 2.67 bits per heavy atom. The van der Waals surface area contributed by atoms with Gasteiger partial charge in [0.05, 0.1) is 0 Å². The monoisotopic (exact) mass is 289 g/mol. The van der Waals surface area contributed by atoms with Gasteiger partial charge in [-0.3, -0.25) is 0 Å². The molecule has 1 aromatic rings. The molecule has 2 heteroatoms. The fourth-order valence-corrected chi connectivity index (χ4v) is 3.87. The molecule has 1 aromatic carbocycles. The first-order valence-electron chi connectivity index (χ1n) is 8.62. The lowest BCUT2D eigenvalue weighted by molar-refractivity contribution is 0.190. The van der Waals surface area contributed by atoms with Crippen LogP contribution in [0.4, 0.5) is 4.39 Å². The molecule has 0 aromatic heterocycles. The molecule has 0 bridgehead atoms. The zero-order chi connectivity index (χ0) is 14.8. The second kappa shape index (κ2) is 6.48. The molecule has 2 saturated carbocycles. The average molecular weight is 289 g/mol. The van der Waals surface area contributed by atoms with E-state index < -0.39 is 0 Å². The van der Waals surface area contributed by atoms with Gasteiger partial charge in [-0.25, -0.2) is 4.39 Å². The molecule has 2 fully saturated rings. The maximum Gasteiger partial charge on any atom is 0.123 e. The number of nitrogens with one attached hydrogen (secondary N) is 1. The smallest absolute Gasteiger partial charge is 0.123 e. The lowest BCUT2D eigenvalue weighted by Crippen LogP contribution is -2.34. The van der Waals surface area contributed by atoms with Crippen LogP contribution < -0.4 is 5.32 Å². The molecule has 116 valence electrons. The molecular formula is C19H28FN. The van der Waals surface area contributed by atoms with Crippen molar-refractivity contribution in [2.45, 2.75) is 57.9 Å². The highest BCUT2D eigenvalue weighted by atomic mass is 19.1. The molecular weight excluding hydrogens is 261 g/mol. The summed E-state index contributed by atoms with van der Waals surface area (Å²) in [4.78, 5) is 0. The molecule has 0 spiro atoms. The van der Waals surface area contributed by atoms with E-state index in [0.29, 0.717) is 11.8 Å². The van der Waals surface area contributed by atoms with Gasteiger partial charge in [0.25, 0.3) is 0 Å². The Morgan fingerprint density at radius 1 is 1.19 bits per heavy atom. The molecule has 0 radical (unpaired) electrons. The third-order valence-electron chi connectivity index (χ3n) is 5.50. The van der Waals surface area contributed by atoms with Crippen molar-refractivity contribution in [3.8, 4) is 0 Å². The summed E-state index contributed by atoms with van der Waals surface area (Å²) < 4.78 is 13.6. The molecule has 0 heterocycles. The summed E-state index contributed by atoms with van der Waals surface area (Å²) in [5.41, 5.74) is 1.21. The van der Waals surface area contributed by atoms with Crippen LogP contribution in [0.15, 0.2) is 24.3 Å². The minimum absolute atomic E-state index is 0.0897. The maximum absolute atomic E-state index is 13.6. The van der Waals surface area contributed by atoms with Gasteiger partial charge in [0, 0.05) is 6.04 Å². The first kappa shape index (κ1) is 15.0. The fraction of sp³-hybridized carbons (Fsp3) is 0.684. The molecule has 2 aliphatic carbocycles. The van der Waals surface area contributed by atoms with Gasteiger partial charge >= 0.3 is 0 Å². The van der Waals surface area contributed by atoms with Crippen molar-refractivity contribution in [2.24, 2.45) is 17.8 Å². The van der Waals surface area contributed by atoms with E-state index in [4.69, 9.17) is 0 Å². The maximum atomic E-state index is 13.6. The van der Waals surface area contributed by atoms with Crippen molar-refractivity contribution in [1.29, 1.82) is 0 Å². The number of hydrogen-bond donors (Lipinski definition) is 1. The van der Waals surface area contributed by atoms with Crippen LogP contribution in [-0.2, 0) is 0 Å². The molecule has 3 atom stereocenters. The minimum atomic E-state index is -0.0897. The number of hydrogen-bond acceptors (Lipinski definition) is 1. The van der Waals surface area contributed by atoms with Gasteiger partial charge in [-0.1, -0.05) is 26.0 Å². The average Bonchev–Trinajstić information content (AvgIpc) is 3.29. The summed E-state index contributed by atoms with van der Waals surface area (Å²) in [6, 6.07) is 8.08. The van der Waals surface area contributed by atoms with Crippen LogP contribution >= 0.6 is 0 Å². The lowest BCUT2D eigenvalue weighted by Gasteiger charge is -2.38. The molecule has 3 rings (SSSR count). The summed E-state index contributed by atoms with van der Waals surface area (Å²) in [6.07, 6.45) is 6.51. The van der Waals surface area contributed by atoms with Gasteiger partial charge in [0.15, 0.2) is 0 Å². The Balaban J connectivity index is 1.74. The van der Waals surface area contributed by atoms with E-state index in [0.717, 1.165) is 24.4 Å². The van der Waals surface area contributed by atoms with Gasteiger partial charge in [-0.05, 0) is 80.0 Å². The number of halogens is 1. The summed E-state index contributed by atoms with van der Waals surface area (Å²) in [5, 5.41) is 3.69. The van der Waals surface area contributed by atoms with Crippen LogP contribution in [-0.4, -0.2) is 12.6 Å². The molecule has 1 nitrogen and oxygen atoms in total. The molecule has 0 saturated heterocycles.